The first-order chi connectivity index (χ1) is 5.76. The molecule has 2 rings (SSSR count). The van der Waals surface area contributed by atoms with E-state index >= 15 is 0 Å². The molecular formula is C12H14. The number of fused-ring (bicyclic) bond motifs is 1. The number of rotatable bonds is 1. The summed E-state index contributed by atoms with van der Waals surface area (Å²) in [6.07, 6.45) is 15.4. The number of hydrogen-bond acceptors (Lipinski definition) is 0. The van der Waals surface area contributed by atoms with Gasteiger partial charge >= 0.3 is 0 Å². The molecule has 12 heavy (non-hydrogen) atoms. The normalized spacial score (nSPS) is 31.1. The summed E-state index contributed by atoms with van der Waals surface area (Å²) in [4.78, 5) is 0. The topological polar surface area (TPSA) is 0 Å². The second kappa shape index (κ2) is 2.48. The monoisotopic (exact) mass is 158 g/mol. The van der Waals surface area contributed by atoms with Crippen molar-refractivity contribution in [1.29, 1.82) is 0 Å². The van der Waals surface area contributed by atoms with Gasteiger partial charge in [0.15, 0.2) is 0 Å². The van der Waals surface area contributed by atoms with Crippen LogP contribution in [0.25, 0.3) is 0 Å². The lowest BCUT2D eigenvalue weighted by Gasteiger charge is -2.32. The van der Waals surface area contributed by atoms with Gasteiger partial charge in [-0.3, -0.25) is 0 Å². The Labute approximate surface area is 74.0 Å². The van der Waals surface area contributed by atoms with Gasteiger partial charge in [-0.15, -0.1) is 0 Å². The van der Waals surface area contributed by atoms with Crippen LogP contribution in [0.4, 0.5) is 0 Å². The van der Waals surface area contributed by atoms with E-state index in [1.165, 1.54) is 5.57 Å². The molecule has 62 valence electrons. The van der Waals surface area contributed by atoms with E-state index in [1.807, 2.05) is 0 Å². The van der Waals surface area contributed by atoms with Gasteiger partial charge in [-0.25, -0.2) is 0 Å². The molecule has 0 fully saturated rings. The molecular weight excluding hydrogens is 144 g/mol. The van der Waals surface area contributed by atoms with Gasteiger partial charge in [0.05, 0.1) is 0 Å². The SMILES string of the molecule is CC(C)C12C=CC=CC1=CC=C2. The third kappa shape index (κ3) is 0.842. The van der Waals surface area contributed by atoms with Crippen molar-refractivity contribution in [2.45, 2.75) is 13.8 Å². The number of allylic oxidation sites excluding steroid dienone is 8. The first kappa shape index (κ1) is 7.60. The average molecular weight is 158 g/mol. The molecule has 0 aromatic carbocycles. The van der Waals surface area contributed by atoms with Gasteiger partial charge in [-0.05, 0) is 11.5 Å². The highest BCUT2D eigenvalue weighted by Crippen LogP contribution is 2.44. The fourth-order valence-corrected chi connectivity index (χ4v) is 2.00. The summed E-state index contributed by atoms with van der Waals surface area (Å²) in [6.45, 7) is 4.54. The molecule has 0 spiro atoms. The van der Waals surface area contributed by atoms with Gasteiger partial charge in [-0.1, -0.05) is 56.4 Å². The number of hydrogen-bond donors (Lipinski definition) is 0. The van der Waals surface area contributed by atoms with Crippen LogP contribution >= 0.6 is 0 Å². The lowest BCUT2D eigenvalue weighted by molar-refractivity contribution is 0.420. The molecule has 0 aliphatic heterocycles. The quantitative estimate of drug-likeness (QED) is 0.549. The Morgan fingerprint density at radius 2 is 1.83 bits per heavy atom. The fourth-order valence-electron chi connectivity index (χ4n) is 2.00. The molecule has 0 radical (unpaired) electrons. The molecule has 1 unspecified atom stereocenters. The standard InChI is InChI=1S/C12H14/c1-10(2)12-8-4-3-6-11(12)7-5-9-12/h3-10H,1-2H3. The van der Waals surface area contributed by atoms with E-state index in [4.69, 9.17) is 0 Å². The van der Waals surface area contributed by atoms with Crippen LogP contribution in [-0.2, 0) is 0 Å². The van der Waals surface area contributed by atoms with Crippen molar-refractivity contribution < 1.29 is 0 Å². The zero-order valence-corrected chi connectivity index (χ0v) is 7.62. The molecule has 0 nitrogen and oxygen atoms in total. The maximum absolute atomic E-state index is 2.30. The van der Waals surface area contributed by atoms with E-state index in [0.29, 0.717) is 5.92 Å². The first-order valence-electron chi connectivity index (χ1n) is 4.51. The molecule has 0 bridgehead atoms. The summed E-state index contributed by atoms with van der Waals surface area (Å²) >= 11 is 0. The second-order valence-corrected chi connectivity index (χ2v) is 3.79. The maximum Gasteiger partial charge on any atom is 0.0341 e. The van der Waals surface area contributed by atoms with Gasteiger partial charge in [0, 0.05) is 5.41 Å². The molecule has 0 heteroatoms. The van der Waals surface area contributed by atoms with Crippen LogP contribution in [-0.4, -0.2) is 0 Å². The van der Waals surface area contributed by atoms with Gasteiger partial charge < -0.3 is 0 Å². The summed E-state index contributed by atoms with van der Waals surface area (Å²) < 4.78 is 0. The largest absolute Gasteiger partial charge is 0.0699 e. The summed E-state index contributed by atoms with van der Waals surface area (Å²) in [5, 5.41) is 0. The highest BCUT2D eigenvalue weighted by Gasteiger charge is 2.33. The molecule has 0 saturated carbocycles. The van der Waals surface area contributed by atoms with Crippen molar-refractivity contribution in [2.24, 2.45) is 11.3 Å². The predicted octanol–water partition coefficient (Wildman–Crippen LogP) is 3.25. The van der Waals surface area contributed by atoms with Crippen LogP contribution < -0.4 is 0 Å². The average Bonchev–Trinajstić information content (AvgIpc) is 2.48. The van der Waals surface area contributed by atoms with Crippen LogP contribution in [0.3, 0.4) is 0 Å². The highest BCUT2D eigenvalue weighted by molar-refractivity contribution is 5.49. The third-order valence-corrected chi connectivity index (χ3v) is 2.86. The molecule has 0 heterocycles. The highest BCUT2D eigenvalue weighted by atomic mass is 14.4. The van der Waals surface area contributed by atoms with E-state index in [1.54, 1.807) is 0 Å². The lowest BCUT2D eigenvalue weighted by Crippen LogP contribution is -2.23. The second-order valence-electron chi connectivity index (χ2n) is 3.79. The van der Waals surface area contributed by atoms with E-state index in [0.717, 1.165) is 0 Å². The Balaban J connectivity index is 2.47. The Kier molecular flexibility index (Phi) is 1.57. The van der Waals surface area contributed by atoms with E-state index in [9.17, 15) is 0 Å². The summed E-state index contributed by atoms with van der Waals surface area (Å²) in [6, 6.07) is 0. The summed E-state index contributed by atoms with van der Waals surface area (Å²) in [7, 11) is 0. The minimum Gasteiger partial charge on any atom is -0.0699 e. The van der Waals surface area contributed by atoms with Crippen LogP contribution in [0.2, 0.25) is 0 Å². The van der Waals surface area contributed by atoms with E-state index in [-0.39, 0.29) is 5.41 Å². The smallest absolute Gasteiger partial charge is 0.0341 e. The van der Waals surface area contributed by atoms with Crippen LogP contribution in [0.15, 0.2) is 48.1 Å². The zero-order valence-electron chi connectivity index (χ0n) is 7.62. The lowest BCUT2D eigenvalue weighted by atomic mass is 9.71. The maximum atomic E-state index is 2.30. The van der Waals surface area contributed by atoms with Gasteiger partial charge in [0.25, 0.3) is 0 Å². The third-order valence-electron chi connectivity index (χ3n) is 2.86. The van der Waals surface area contributed by atoms with Crippen molar-refractivity contribution in [3.63, 3.8) is 0 Å². The van der Waals surface area contributed by atoms with Crippen molar-refractivity contribution in [1.82, 2.24) is 0 Å². The van der Waals surface area contributed by atoms with Crippen LogP contribution in [0.5, 0.6) is 0 Å². The van der Waals surface area contributed by atoms with Crippen LogP contribution in [0.1, 0.15) is 13.8 Å². The Morgan fingerprint density at radius 3 is 2.50 bits per heavy atom. The van der Waals surface area contributed by atoms with Crippen molar-refractivity contribution in [2.75, 3.05) is 0 Å². The predicted molar refractivity (Wildman–Crippen MR) is 52.8 cm³/mol. The zero-order chi connectivity index (χ0) is 8.60. The molecule has 2 aliphatic rings. The fraction of sp³-hybridized carbons (Fsp3) is 0.333. The molecule has 0 N–H and O–H groups in total. The molecule has 0 aromatic rings. The molecule has 1 atom stereocenters. The van der Waals surface area contributed by atoms with Crippen molar-refractivity contribution in [3.8, 4) is 0 Å². The molecule has 2 aliphatic carbocycles. The minimum atomic E-state index is 0.203. The first-order valence-corrected chi connectivity index (χ1v) is 4.51. The minimum absolute atomic E-state index is 0.203. The summed E-state index contributed by atoms with van der Waals surface area (Å²) in [5.41, 5.74) is 1.63. The molecule has 0 saturated heterocycles. The Hall–Kier alpha value is -1.04. The van der Waals surface area contributed by atoms with Gasteiger partial charge in [-0.2, -0.15) is 0 Å². The Morgan fingerprint density at radius 1 is 1.08 bits per heavy atom. The Bertz CT molecular complexity index is 300. The molecule has 0 aromatic heterocycles. The van der Waals surface area contributed by atoms with Crippen molar-refractivity contribution in [3.05, 3.63) is 48.1 Å². The molecule has 0 amide bonds. The van der Waals surface area contributed by atoms with Gasteiger partial charge in [0.1, 0.15) is 0 Å². The summed E-state index contributed by atoms with van der Waals surface area (Å²) in [5.74, 6) is 0.642. The van der Waals surface area contributed by atoms with Crippen LogP contribution in [0, 0.1) is 11.3 Å². The van der Waals surface area contributed by atoms with Crippen molar-refractivity contribution >= 4 is 0 Å². The van der Waals surface area contributed by atoms with E-state index < -0.39 is 0 Å². The van der Waals surface area contributed by atoms with Gasteiger partial charge in [0.2, 0.25) is 0 Å². The van der Waals surface area contributed by atoms with E-state index in [2.05, 4.69) is 56.4 Å².